The van der Waals surface area contributed by atoms with E-state index in [2.05, 4.69) is 48.3 Å². The summed E-state index contributed by atoms with van der Waals surface area (Å²) in [6, 6.07) is 0.611. The number of hydrogen-bond acceptors (Lipinski definition) is 5. The van der Waals surface area contributed by atoms with Crippen molar-refractivity contribution >= 4 is 16.5 Å². The summed E-state index contributed by atoms with van der Waals surface area (Å²) in [4.78, 5) is 9.58. The molecule has 108 valence electrons. The fourth-order valence-corrected chi connectivity index (χ4v) is 3.10. The van der Waals surface area contributed by atoms with Gasteiger partial charge in [0.15, 0.2) is 5.13 Å². The van der Waals surface area contributed by atoms with Crippen molar-refractivity contribution in [3.8, 4) is 0 Å². The van der Waals surface area contributed by atoms with Crippen LogP contribution in [0.15, 0.2) is 5.38 Å². The molecule has 4 nitrogen and oxygen atoms in total. The fourth-order valence-electron chi connectivity index (χ4n) is 2.23. The predicted octanol–water partition coefficient (Wildman–Crippen LogP) is 2.03. The highest BCUT2D eigenvalue weighted by Crippen LogP contribution is 2.23. The van der Waals surface area contributed by atoms with E-state index in [9.17, 15) is 0 Å². The summed E-state index contributed by atoms with van der Waals surface area (Å²) in [7, 11) is 2.20. The van der Waals surface area contributed by atoms with E-state index < -0.39 is 0 Å². The van der Waals surface area contributed by atoms with Crippen LogP contribution in [-0.4, -0.2) is 49.2 Å². The molecule has 1 unspecified atom stereocenters. The second-order valence-corrected chi connectivity index (χ2v) is 6.76. The highest BCUT2D eigenvalue weighted by molar-refractivity contribution is 7.13. The number of hydrogen-bond donors (Lipinski definition) is 1. The Morgan fingerprint density at radius 2 is 2.26 bits per heavy atom. The van der Waals surface area contributed by atoms with Gasteiger partial charge in [0.1, 0.15) is 0 Å². The molecule has 0 radical (unpaired) electrons. The molecule has 0 aromatic carbocycles. The van der Waals surface area contributed by atoms with Crippen LogP contribution in [0.4, 0.5) is 5.13 Å². The SMILES string of the molecule is CC(C)CNCc1csc(N2CCN(C)C(C)C2)n1. The molecule has 2 rings (SSSR count). The maximum Gasteiger partial charge on any atom is 0.185 e. The quantitative estimate of drug-likeness (QED) is 0.895. The Morgan fingerprint density at radius 1 is 1.47 bits per heavy atom. The summed E-state index contributed by atoms with van der Waals surface area (Å²) in [6.07, 6.45) is 0. The smallest absolute Gasteiger partial charge is 0.185 e. The van der Waals surface area contributed by atoms with Gasteiger partial charge in [0.2, 0.25) is 0 Å². The molecule has 1 aliphatic rings. The maximum absolute atomic E-state index is 4.75. The Bertz CT molecular complexity index is 391. The van der Waals surface area contributed by atoms with Crippen LogP contribution in [0.3, 0.4) is 0 Å². The topological polar surface area (TPSA) is 31.4 Å². The first-order valence-corrected chi connectivity index (χ1v) is 8.04. The molecule has 1 saturated heterocycles. The zero-order valence-electron chi connectivity index (χ0n) is 12.5. The van der Waals surface area contributed by atoms with E-state index in [1.165, 1.54) is 10.8 Å². The molecule has 1 N–H and O–H groups in total. The average molecular weight is 282 g/mol. The number of aromatic nitrogens is 1. The third-order valence-electron chi connectivity index (χ3n) is 3.63. The van der Waals surface area contributed by atoms with Crippen LogP contribution in [-0.2, 0) is 6.54 Å². The lowest BCUT2D eigenvalue weighted by Gasteiger charge is -2.37. The standard InChI is InChI=1S/C14H26N4S/c1-11(2)7-15-8-13-10-19-14(16-13)18-6-5-17(4)12(3)9-18/h10-12,15H,5-9H2,1-4H3. The van der Waals surface area contributed by atoms with E-state index >= 15 is 0 Å². The van der Waals surface area contributed by atoms with Crippen LogP contribution in [0, 0.1) is 5.92 Å². The van der Waals surface area contributed by atoms with Crippen LogP contribution in [0.5, 0.6) is 0 Å². The lowest BCUT2D eigenvalue weighted by molar-refractivity contribution is 0.234. The molecule has 0 bridgehead atoms. The predicted molar refractivity (Wildman–Crippen MR) is 83.0 cm³/mol. The van der Waals surface area contributed by atoms with Gasteiger partial charge in [-0.25, -0.2) is 4.98 Å². The zero-order chi connectivity index (χ0) is 13.8. The fraction of sp³-hybridized carbons (Fsp3) is 0.786. The molecule has 1 atom stereocenters. The van der Waals surface area contributed by atoms with Crippen molar-refractivity contribution in [1.82, 2.24) is 15.2 Å². The van der Waals surface area contributed by atoms with E-state index in [0.29, 0.717) is 12.0 Å². The van der Waals surface area contributed by atoms with E-state index in [-0.39, 0.29) is 0 Å². The van der Waals surface area contributed by atoms with Gasteiger partial charge in [-0.05, 0) is 26.4 Å². The Morgan fingerprint density at radius 3 is 2.95 bits per heavy atom. The molecular weight excluding hydrogens is 256 g/mol. The monoisotopic (exact) mass is 282 g/mol. The van der Waals surface area contributed by atoms with Crippen LogP contribution >= 0.6 is 11.3 Å². The summed E-state index contributed by atoms with van der Waals surface area (Å²) in [6.45, 7) is 12.0. The molecule has 1 fully saturated rings. The minimum Gasteiger partial charge on any atom is -0.345 e. The molecule has 19 heavy (non-hydrogen) atoms. The van der Waals surface area contributed by atoms with Crippen molar-refractivity contribution in [3.63, 3.8) is 0 Å². The molecule has 5 heteroatoms. The van der Waals surface area contributed by atoms with Gasteiger partial charge in [-0.2, -0.15) is 0 Å². The van der Waals surface area contributed by atoms with Crippen molar-refractivity contribution in [1.29, 1.82) is 0 Å². The third kappa shape index (κ3) is 4.16. The van der Waals surface area contributed by atoms with Gasteiger partial charge in [-0.3, -0.25) is 0 Å². The number of likely N-dealkylation sites (N-methyl/N-ethyl adjacent to an activating group) is 1. The van der Waals surface area contributed by atoms with Gasteiger partial charge in [0.05, 0.1) is 5.69 Å². The van der Waals surface area contributed by atoms with E-state index in [0.717, 1.165) is 32.7 Å². The lowest BCUT2D eigenvalue weighted by Crippen LogP contribution is -2.50. The minimum absolute atomic E-state index is 0.611. The highest BCUT2D eigenvalue weighted by atomic mass is 32.1. The average Bonchev–Trinajstić information content (AvgIpc) is 2.81. The Kier molecular flexibility index (Phi) is 5.19. The number of rotatable bonds is 5. The highest BCUT2D eigenvalue weighted by Gasteiger charge is 2.22. The summed E-state index contributed by atoms with van der Waals surface area (Å²) >= 11 is 1.77. The number of nitrogens with zero attached hydrogens (tertiary/aromatic N) is 3. The molecule has 1 aliphatic heterocycles. The molecule has 0 spiro atoms. The van der Waals surface area contributed by atoms with E-state index in [4.69, 9.17) is 4.98 Å². The van der Waals surface area contributed by atoms with Crippen LogP contribution in [0.25, 0.3) is 0 Å². The normalized spacial score (nSPS) is 21.3. The number of nitrogens with one attached hydrogen (secondary N) is 1. The van der Waals surface area contributed by atoms with Crippen LogP contribution in [0.1, 0.15) is 26.5 Å². The van der Waals surface area contributed by atoms with E-state index in [1.807, 2.05) is 0 Å². The summed E-state index contributed by atoms with van der Waals surface area (Å²) < 4.78 is 0. The van der Waals surface area contributed by atoms with Gasteiger partial charge < -0.3 is 15.1 Å². The maximum atomic E-state index is 4.75. The molecule has 0 aliphatic carbocycles. The number of anilines is 1. The molecule has 0 saturated carbocycles. The van der Waals surface area contributed by atoms with Gasteiger partial charge in [0.25, 0.3) is 0 Å². The Labute approximate surface area is 120 Å². The van der Waals surface area contributed by atoms with Crippen molar-refractivity contribution < 1.29 is 0 Å². The summed E-state index contributed by atoms with van der Waals surface area (Å²) in [5.41, 5.74) is 1.17. The van der Waals surface area contributed by atoms with Gasteiger partial charge in [-0.1, -0.05) is 13.8 Å². The van der Waals surface area contributed by atoms with Crippen LogP contribution < -0.4 is 10.2 Å². The summed E-state index contributed by atoms with van der Waals surface area (Å²) in [5, 5.41) is 6.82. The Hall–Kier alpha value is -0.650. The largest absolute Gasteiger partial charge is 0.345 e. The molecule has 0 amide bonds. The second kappa shape index (κ2) is 6.68. The van der Waals surface area contributed by atoms with Crippen molar-refractivity contribution in [3.05, 3.63) is 11.1 Å². The number of thiazole rings is 1. The van der Waals surface area contributed by atoms with Crippen LogP contribution in [0.2, 0.25) is 0 Å². The van der Waals surface area contributed by atoms with Crippen molar-refractivity contribution in [2.75, 3.05) is 38.1 Å². The van der Waals surface area contributed by atoms with Crippen molar-refractivity contribution in [2.24, 2.45) is 5.92 Å². The zero-order valence-corrected chi connectivity index (χ0v) is 13.3. The first-order chi connectivity index (χ1) is 9.06. The second-order valence-electron chi connectivity index (χ2n) is 5.92. The van der Waals surface area contributed by atoms with Crippen molar-refractivity contribution in [2.45, 2.75) is 33.4 Å². The first-order valence-electron chi connectivity index (χ1n) is 7.16. The Balaban J connectivity index is 1.86. The first kappa shape index (κ1) is 14.8. The molecular formula is C14H26N4S. The number of piperazine rings is 1. The van der Waals surface area contributed by atoms with Gasteiger partial charge in [0, 0.05) is 37.6 Å². The molecule has 1 aromatic heterocycles. The minimum atomic E-state index is 0.611. The van der Waals surface area contributed by atoms with E-state index in [1.54, 1.807) is 11.3 Å². The van der Waals surface area contributed by atoms with Gasteiger partial charge in [-0.15, -0.1) is 11.3 Å². The van der Waals surface area contributed by atoms with Gasteiger partial charge >= 0.3 is 0 Å². The summed E-state index contributed by atoms with van der Waals surface area (Å²) in [5.74, 6) is 0.691. The molecule has 1 aromatic rings. The lowest BCUT2D eigenvalue weighted by atomic mass is 10.2. The third-order valence-corrected chi connectivity index (χ3v) is 4.58. The molecule has 2 heterocycles.